The van der Waals surface area contributed by atoms with E-state index in [1.807, 2.05) is 45.0 Å². The Morgan fingerprint density at radius 2 is 1.95 bits per heavy atom. The van der Waals surface area contributed by atoms with Crippen LogP contribution in [0.15, 0.2) is 28.7 Å². The number of amides is 2. The van der Waals surface area contributed by atoms with Gasteiger partial charge >= 0.3 is 0 Å². The predicted molar refractivity (Wildman–Crippen MR) is 89.8 cm³/mol. The van der Waals surface area contributed by atoms with Gasteiger partial charge in [-0.3, -0.25) is 9.59 Å². The fourth-order valence-electron chi connectivity index (χ4n) is 1.71. The number of benzene rings is 1. The molecule has 1 rings (SSSR count). The second kappa shape index (κ2) is 8.78. The van der Waals surface area contributed by atoms with Gasteiger partial charge in [0.05, 0.1) is 13.2 Å². The number of carbonyl (C=O) groups excluding carboxylic acids is 2. The minimum Gasteiger partial charge on any atom is -0.494 e. The summed E-state index contributed by atoms with van der Waals surface area (Å²) in [6.45, 7) is 6.14. The highest BCUT2D eigenvalue weighted by Gasteiger charge is 2.13. The molecule has 0 radical (unpaired) electrons. The Labute approximate surface area is 139 Å². The fraction of sp³-hybridized carbons (Fsp3) is 0.500. The molecule has 2 N–H and O–H groups in total. The summed E-state index contributed by atoms with van der Waals surface area (Å²) in [7, 11) is 0. The second-order valence-electron chi connectivity index (χ2n) is 5.98. The quantitative estimate of drug-likeness (QED) is 0.725. The van der Waals surface area contributed by atoms with Gasteiger partial charge in [0.25, 0.3) is 0 Å². The molecule has 0 aliphatic rings. The van der Waals surface area contributed by atoms with Crippen LogP contribution in [0, 0.1) is 0 Å². The summed E-state index contributed by atoms with van der Waals surface area (Å²) in [6.07, 6.45) is 0.927. The Hall–Kier alpha value is -1.56. The number of hydrogen-bond donors (Lipinski definition) is 2. The van der Waals surface area contributed by atoms with Crippen molar-refractivity contribution in [3.63, 3.8) is 0 Å². The number of ether oxygens (including phenoxy) is 1. The van der Waals surface area contributed by atoms with E-state index in [1.54, 1.807) is 0 Å². The molecule has 5 nitrogen and oxygen atoms in total. The lowest BCUT2D eigenvalue weighted by molar-refractivity contribution is -0.126. The van der Waals surface area contributed by atoms with Crippen molar-refractivity contribution < 1.29 is 14.3 Å². The monoisotopic (exact) mass is 370 g/mol. The lowest BCUT2D eigenvalue weighted by Gasteiger charge is -2.20. The molecule has 0 heterocycles. The normalized spacial score (nSPS) is 10.9. The summed E-state index contributed by atoms with van der Waals surface area (Å²) < 4.78 is 6.49. The fourth-order valence-corrected chi connectivity index (χ4v) is 2.09. The molecular formula is C16H23BrN2O3. The molecule has 6 heteroatoms. The third-order valence-electron chi connectivity index (χ3n) is 2.57. The minimum absolute atomic E-state index is 0.00257. The van der Waals surface area contributed by atoms with Crippen LogP contribution in [-0.4, -0.2) is 30.5 Å². The van der Waals surface area contributed by atoms with Gasteiger partial charge in [-0.25, -0.2) is 0 Å². The van der Waals surface area contributed by atoms with Crippen LogP contribution in [0.2, 0.25) is 0 Å². The molecule has 1 aromatic rings. The molecule has 2 amide bonds. The number of carbonyl (C=O) groups is 2. The maximum Gasteiger partial charge on any atom is 0.239 e. The molecule has 0 saturated carbocycles. The van der Waals surface area contributed by atoms with Crippen molar-refractivity contribution in [1.29, 1.82) is 0 Å². The van der Waals surface area contributed by atoms with Crippen molar-refractivity contribution in [2.24, 2.45) is 0 Å². The first-order valence-electron chi connectivity index (χ1n) is 7.22. The van der Waals surface area contributed by atoms with Crippen LogP contribution < -0.4 is 15.4 Å². The van der Waals surface area contributed by atoms with Crippen LogP contribution in [0.25, 0.3) is 0 Å². The van der Waals surface area contributed by atoms with Crippen molar-refractivity contribution >= 4 is 27.7 Å². The number of halogens is 1. The maximum absolute atomic E-state index is 11.6. The van der Waals surface area contributed by atoms with E-state index in [-0.39, 0.29) is 23.9 Å². The molecule has 122 valence electrons. The average Bonchev–Trinajstić information content (AvgIpc) is 2.39. The first-order chi connectivity index (χ1) is 10.3. The molecule has 1 aromatic carbocycles. The zero-order valence-corrected chi connectivity index (χ0v) is 14.8. The standard InChI is InChI=1S/C16H23BrN2O3/c1-16(2,3)19-15(21)11-18-14(20)8-5-9-22-13-7-4-6-12(17)10-13/h4,6-7,10H,5,8-9,11H2,1-3H3,(H,18,20)(H,19,21). The molecule has 22 heavy (non-hydrogen) atoms. The maximum atomic E-state index is 11.6. The Kier molecular flexibility index (Phi) is 7.38. The Balaban J connectivity index is 2.15. The largest absolute Gasteiger partial charge is 0.494 e. The zero-order valence-electron chi connectivity index (χ0n) is 13.2. The van der Waals surface area contributed by atoms with E-state index in [1.165, 1.54) is 0 Å². The Morgan fingerprint density at radius 1 is 1.23 bits per heavy atom. The number of rotatable bonds is 7. The molecule has 0 aliphatic carbocycles. The van der Waals surface area contributed by atoms with Crippen LogP contribution in [0.5, 0.6) is 5.75 Å². The molecule has 0 bridgehead atoms. The predicted octanol–water partition coefficient (Wildman–Crippen LogP) is 2.64. The van der Waals surface area contributed by atoms with Gasteiger partial charge < -0.3 is 15.4 Å². The zero-order chi connectivity index (χ0) is 16.6. The van der Waals surface area contributed by atoms with Gasteiger partial charge in [-0.05, 0) is 45.4 Å². The van der Waals surface area contributed by atoms with E-state index in [0.717, 1.165) is 10.2 Å². The molecular weight excluding hydrogens is 348 g/mol. The molecule has 0 unspecified atom stereocenters. The average molecular weight is 371 g/mol. The van der Waals surface area contributed by atoms with Crippen LogP contribution in [0.3, 0.4) is 0 Å². The topological polar surface area (TPSA) is 67.4 Å². The molecule has 0 fully saturated rings. The van der Waals surface area contributed by atoms with Gasteiger partial charge in [0.1, 0.15) is 5.75 Å². The van der Waals surface area contributed by atoms with Crippen LogP contribution >= 0.6 is 15.9 Å². The van der Waals surface area contributed by atoms with Gasteiger partial charge in [0.15, 0.2) is 0 Å². The van der Waals surface area contributed by atoms with Crippen molar-refractivity contribution in [2.75, 3.05) is 13.2 Å². The van der Waals surface area contributed by atoms with Gasteiger partial charge in [-0.15, -0.1) is 0 Å². The smallest absolute Gasteiger partial charge is 0.239 e. The van der Waals surface area contributed by atoms with E-state index in [4.69, 9.17) is 4.74 Å². The van der Waals surface area contributed by atoms with E-state index in [9.17, 15) is 9.59 Å². The first-order valence-corrected chi connectivity index (χ1v) is 8.02. The van der Waals surface area contributed by atoms with Crippen LogP contribution in [-0.2, 0) is 9.59 Å². The third-order valence-corrected chi connectivity index (χ3v) is 3.07. The second-order valence-corrected chi connectivity index (χ2v) is 6.90. The van der Waals surface area contributed by atoms with Gasteiger partial charge in [-0.2, -0.15) is 0 Å². The lowest BCUT2D eigenvalue weighted by Crippen LogP contribution is -2.45. The van der Waals surface area contributed by atoms with Crippen molar-refractivity contribution in [3.05, 3.63) is 28.7 Å². The van der Waals surface area contributed by atoms with E-state index >= 15 is 0 Å². The van der Waals surface area contributed by atoms with E-state index in [0.29, 0.717) is 19.4 Å². The summed E-state index contributed by atoms with van der Waals surface area (Å²) >= 11 is 3.37. The summed E-state index contributed by atoms with van der Waals surface area (Å²) in [5.74, 6) is 0.424. The Bertz CT molecular complexity index is 512. The molecule has 0 aliphatic heterocycles. The molecule has 0 atom stereocenters. The van der Waals surface area contributed by atoms with E-state index < -0.39 is 0 Å². The SMILES string of the molecule is CC(C)(C)NC(=O)CNC(=O)CCCOc1cccc(Br)c1. The molecule has 0 aromatic heterocycles. The molecule has 0 spiro atoms. The first kappa shape index (κ1) is 18.5. The summed E-state index contributed by atoms with van der Waals surface area (Å²) in [6, 6.07) is 7.54. The van der Waals surface area contributed by atoms with Gasteiger partial charge in [0.2, 0.25) is 11.8 Å². The van der Waals surface area contributed by atoms with Crippen molar-refractivity contribution in [2.45, 2.75) is 39.2 Å². The highest BCUT2D eigenvalue weighted by atomic mass is 79.9. The highest BCUT2D eigenvalue weighted by molar-refractivity contribution is 9.10. The highest BCUT2D eigenvalue weighted by Crippen LogP contribution is 2.17. The van der Waals surface area contributed by atoms with Crippen LogP contribution in [0.1, 0.15) is 33.6 Å². The van der Waals surface area contributed by atoms with Crippen molar-refractivity contribution in [3.8, 4) is 5.75 Å². The van der Waals surface area contributed by atoms with E-state index in [2.05, 4.69) is 26.6 Å². The van der Waals surface area contributed by atoms with Crippen LogP contribution in [0.4, 0.5) is 0 Å². The van der Waals surface area contributed by atoms with Crippen molar-refractivity contribution in [1.82, 2.24) is 10.6 Å². The number of nitrogens with one attached hydrogen (secondary N) is 2. The summed E-state index contributed by atoms with van der Waals surface area (Å²) in [4.78, 5) is 23.2. The number of hydrogen-bond acceptors (Lipinski definition) is 3. The van der Waals surface area contributed by atoms with Gasteiger partial charge in [-0.1, -0.05) is 22.0 Å². The molecule has 0 saturated heterocycles. The minimum atomic E-state index is -0.292. The summed E-state index contributed by atoms with van der Waals surface area (Å²) in [5, 5.41) is 5.38. The van der Waals surface area contributed by atoms with Gasteiger partial charge in [0, 0.05) is 16.4 Å². The lowest BCUT2D eigenvalue weighted by atomic mass is 10.1. The summed E-state index contributed by atoms with van der Waals surface area (Å²) in [5.41, 5.74) is -0.292. The Morgan fingerprint density at radius 3 is 2.59 bits per heavy atom. The third kappa shape index (κ3) is 8.67.